The third-order valence-corrected chi connectivity index (χ3v) is 13.1. The molecular formula is C80H56N4. The predicted molar refractivity (Wildman–Crippen MR) is 357 cm³/mol. The Balaban J connectivity index is 0.000000200. The van der Waals surface area contributed by atoms with Crippen LogP contribution in [0.2, 0.25) is 0 Å². The maximum atomic E-state index is 9.74. The van der Waals surface area contributed by atoms with E-state index in [0.29, 0.717) is 19.8 Å². The summed E-state index contributed by atoms with van der Waals surface area (Å²) >= 11 is 0. The van der Waals surface area contributed by atoms with Gasteiger partial charge in [-0.3, -0.25) is 0 Å². The fourth-order valence-electron chi connectivity index (χ4n) is 9.51. The Hall–Kier alpha value is -11.2. The Morgan fingerprint density at radius 1 is 0.238 bits per heavy atom. The SMILES string of the molecule is [2H]c1c([2H])c([2H])c(N(c2c([2H])c([2H])c([2H])c(-c3c([2H])c([2H])c4c(c3[2H])c3c([2H])c([2H])c([2H])c([2H])c3n4-c3c([2H])c([2H])c([2H])c([2H])c3[2H])c2[2H])c2c([2H])c([2H])c3c([2H])c([2H])c([2H])c([2H])c3c2[2H])c([2H])c1[2H].[2H]c1c([2H])c([2H])c(N(c2c([2H])c([2H])c([2H])c(-c3ccc4c(c3)c3ccccc3n4-c3ccccc3)c2[2H])c2c([2H])c([2H])c3c([2H])c([2H])c([2H])c([2H])c3c2[2H])c([2H])c1[2H]. The van der Waals surface area contributed by atoms with Gasteiger partial charge in [0, 0.05) is 67.0 Å². The maximum absolute atomic E-state index is 9.74. The van der Waals surface area contributed by atoms with Crippen molar-refractivity contribution < 1.29 is 60.3 Å². The molecule has 14 aromatic carbocycles. The highest BCUT2D eigenvalue weighted by atomic mass is 15.1. The van der Waals surface area contributed by atoms with Crippen LogP contribution in [0, 0.1) is 0 Å². The van der Waals surface area contributed by atoms with Gasteiger partial charge >= 0.3 is 0 Å². The molecule has 0 bridgehead atoms. The monoisotopic (exact) mass is 1120 g/mol. The van der Waals surface area contributed by atoms with Crippen molar-refractivity contribution in [3.05, 3.63) is 339 Å². The van der Waals surface area contributed by atoms with Gasteiger partial charge < -0.3 is 18.9 Å². The van der Waals surface area contributed by atoms with E-state index in [1.807, 2.05) is 59.2 Å². The molecule has 0 fully saturated rings. The van der Waals surface area contributed by atoms with E-state index in [0.717, 1.165) is 22.1 Å². The van der Waals surface area contributed by atoms with Gasteiger partial charge in [-0.05, 0) is 177 Å². The van der Waals surface area contributed by atoms with Crippen molar-refractivity contribution in [2.75, 3.05) is 9.80 Å². The summed E-state index contributed by atoms with van der Waals surface area (Å²) in [7, 11) is 0. The lowest BCUT2D eigenvalue weighted by Gasteiger charge is -2.26. The summed E-state index contributed by atoms with van der Waals surface area (Å²) in [4.78, 5) is 1.07. The summed E-state index contributed by atoms with van der Waals surface area (Å²) in [5.41, 5.74) is -6.75. The normalized spacial score (nSPS) is 18.7. The Labute approximate surface area is 550 Å². The number of hydrogen-bond donors (Lipinski definition) is 0. The molecule has 2 heterocycles. The highest BCUT2D eigenvalue weighted by Gasteiger charge is 2.19. The van der Waals surface area contributed by atoms with E-state index in [4.69, 9.17) is 46.6 Å². The summed E-state index contributed by atoms with van der Waals surface area (Å²) in [6, 6.07) is -18.2. The quantitative estimate of drug-likeness (QED) is 0.136. The molecule has 4 nitrogen and oxygen atoms in total. The Morgan fingerprint density at radius 3 is 1.36 bits per heavy atom. The molecular weight excluding hydrogens is 1020 g/mol. The van der Waals surface area contributed by atoms with E-state index < -0.39 is 360 Å². The summed E-state index contributed by atoms with van der Waals surface area (Å²) in [5.74, 6) is 0. The van der Waals surface area contributed by atoms with Crippen molar-refractivity contribution in [2.24, 2.45) is 0 Å². The molecule has 0 saturated carbocycles. The van der Waals surface area contributed by atoms with Crippen molar-refractivity contribution >= 4 is 99.3 Å². The third-order valence-electron chi connectivity index (χ3n) is 13.1. The number of aromatic nitrogens is 2. The minimum absolute atomic E-state index is 0.196. The summed E-state index contributed by atoms with van der Waals surface area (Å²) in [6.07, 6.45) is 0. The molecule has 0 saturated heterocycles. The molecule has 0 aliphatic carbocycles. The molecule has 84 heavy (non-hydrogen) atoms. The Kier molecular flexibility index (Phi) is 5.67. The van der Waals surface area contributed by atoms with E-state index in [9.17, 15) is 13.7 Å². The minimum atomic E-state index is -1.23. The van der Waals surface area contributed by atoms with Crippen LogP contribution in [0.1, 0.15) is 60.3 Å². The smallest absolute Gasteiger partial charge is 0.0651 e. The van der Waals surface area contributed by atoms with Gasteiger partial charge in [-0.2, -0.15) is 0 Å². The van der Waals surface area contributed by atoms with E-state index in [1.54, 1.807) is 18.2 Å². The first-order valence-corrected chi connectivity index (χ1v) is 25.2. The molecule has 396 valence electrons. The Morgan fingerprint density at radius 2 is 0.714 bits per heavy atom. The molecule has 16 aromatic rings. The summed E-state index contributed by atoms with van der Waals surface area (Å²) in [5, 5.41) is -2.10. The van der Waals surface area contributed by atoms with Gasteiger partial charge in [-0.1, -0.05) is 206 Å². The summed E-state index contributed by atoms with van der Waals surface area (Å²) < 4.78 is 391. The van der Waals surface area contributed by atoms with Crippen LogP contribution in [0.5, 0.6) is 0 Å². The first-order valence-electron chi connectivity index (χ1n) is 47.2. The van der Waals surface area contributed by atoms with Crippen molar-refractivity contribution in [3.63, 3.8) is 0 Å². The lowest BCUT2D eigenvalue weighted by atomic mass is 10.0. The van der Waals surface area contributed by atoms with Gasteiger partial charge in [-0.25, -0.2) is 0 Å². The molecule has 0 spiro atoms. The molecule has 0 unspecified atom stereocenters. The molecule has 4 heteroatoms. The molecule has 0 radical (unpaired) electrons. The highest BCUT2D eigenvalue weighted by molar-refractivity contribution is 6.12. The summed E-state index contributed by atoms with van der Waals surface area (Å²) in [6.45, 7) is 0. The number of rotatable bonds is 10. The molecule has 0 atom stereocenters. The van der Waals surface area contributed by atoms with E-state index in [2.05, 4.69) is 0 Å². The second-order valence-electron chi connectivity index (χ2n) is 17.9. The van der Waals surface area contributed by atoms with Crippen LogP contribution in [-0.4, -0.2) is 9.13 Å². The lowest BCUT2D eigenvalue weighted by molar-refractivity contribution is 1.18. The van der Waals surface area contributed by atoms with Crippen LogP contribution < -0.4 is 9.80 Å². The van der Waals surface area contributed by atoms with Crippen LogP contribution in [0.3, 0.4) is 0 Å². The average molecular weight is 1120 g/mol. The van der Waals surface area contributed by atoms with Gasteiger partial charge in [0.2, 0.25) is 0 Å². The average Bonchev–Trinajstić information content (AvgIpc) is 1.44. The second kappa shape index (κ2) is 21.7. The van der Waals surface area contributed by atoms with E-state index >= 15 is 0 Å². The fourth-order valence-corrected chi connectivity index (χ4v) is 9.51. The second-order valence-corrected chi connectivity index (χ2v) is 17.9. The van der Waals surface area contributed by atoms with Gasteiger partial charge in [0.25, 0.3) is 0 Å². The van der Waals surface area contributed by atoms with Crippen LogP contribution in [0.15, 0.2) is 339 Å². The van der Waals surface area contributed by atoms with Gasteiger partial charge in [0.05, 0.1) is 82.4 Å². The van der Waals surface area contributed by atoms with E-state index in [-0.39, 0.29) is 11.1 Å². The molecule has 16 rings (SSSR count). The highest BCUT2D eigenvalue weighted by Crippen LogP contribution is 2.42. The van der Waals surface area contributed by atoms with Gasteiger partial charge in [-0.15, -0.1) is 0 Å². The Bertz CT molecular complexity index is 7670. The zero-order valence-electron chi connectivity index (χ0n) is 86.7. The van der Waals surface area contributed by atoms with Crippen molar-refractivity contribution in [1.82, 2.24) is 9.13 Å². The maximum Gasteiger partial charge on any atom is 0.0651 e. The number of anilines is 6. The number of fused-ring (bicyclic) bond motifs is 8. The first-order chi connectivity index (χ1) is 60.0. The molecule has 0 aliphatic heterocycles. The number of hydrogen-bond acceptors (Lipinski definition) is 2. The van der Waals surface area contributed by atoms with Gasteiger partial charge in [0.15, 0.2) is 0 Å². The number of benzene rings is 14. The largest absolute Gasteiger partial charge is 0.310 e. The third kappa shape index (κ3) is 9.28. The standard InChI is InChI=1S/2C40H28N2/c2*1-3-15-33(16-4-1)41(36-24-22-29-12-7-8-13-30(29)26-36)35-19-11-14-31(27-35)32-23-25-40-38(28-32)37-20-9-10-21-39(37)42(40)34-17-5-2-6-18-34/h2*1-28H/i1D,2D,3D,4D,5D,6D,7D,8D,9D,10D,11D,12D,13D,14D,15D,16D,17D,18D,19D,20D,21D,22D,23D,24D,25D,26D,27D,28D;1D,3D,4D,7D,8D,11D,12D,13D,14D,15D,16D,19D,22D,24D,26D,27D. The zero-order chi connectivity index (χ0) is 94.1. The molecule has 0 N–H and O–H groups in total. The topological polar surface area (TPSA) is 16.3 Å². The van der Waals surface area contributed by atoms with Crippen LogP contribution in [-0.2, 0) is 0 Å². The minimum Gasteiger partial charge on any atom is -0.310 e. The molecule has 0 amide bonds. The molecule has 0 aliphatic rings. The molecule has 2 aromatic heterocycles. The first kappa shape index (κ1) is 21.9. The van der Waals surface area contributed by atoms with Crippen molar-refractivity contribution in [3.8, 4) is 33.6 Å². The van der Waals surface area contributed by atoms with Crippen LogP contribution >= 0.6 is 0 Å². The van der Waals surface area contributed by atoms with Crippen LogP contribution in [0.25, 0.3) is 98.8 Å². The van der Waals surface area contributed by atoms with Crippen LogP contribution in [0.4, 0.5) is 34.1 Å². The fraction of sp³-hybridized carbons (Fsp3) is 0. The predicted octanol–water partition coefficient (Wildman–Crippen LogP) is 22.1. The van der Waals surface area contributed by atoms with E-state index in [1.165, 1.54) is 0 Å². The van der Waals surface area contributed by atoms with Crippen molar-refractivity contribution in [2.45, 2.75) is 0 Å². The zero-order valence-corrected chi connectivity index (χ0v) is 42.7. The number of para-hydroxylation sites is 6. The lowest BCUT2D eigenvalue weighted by Crippen LogP contribution is -2.09. The van der Waals surface area contributed by atoms with Gasteiger partial charge in [0.1, 0.15) is 0 Å². The number of nitrogens with zero attached hydrogens (tertiary/aromatic N) is 4. The van der Waals surface area contributed by atoms with Crippen molar-refractivity contribution in [1.29, 1.82) is 0 Å².